The topological polar surface area (TPSA) is 97.5 Å². The van der Waals surface area contributed by atoms with Gasteiger partial charge in [0.05, 0.1) is 16.3 Å². The van der Waals surface area contributed by atoms with Gasteiger partial charge in [-0.1, -0.05) is 12.8 Å². The molecule has 1 rings (SSSR count). The molecule has 0 saturated carbocycles. The molecule has 0 spiro atoms. The van der Waals surface area contributed by atoms with Crippen LogP contribution in [-0.4, -0.2) is 34.2 Å². The fourth-order valence-corrected chi connectivity index (χ4v) is 3.30. The highest BCUT2D eigenvalue weighted by molar-refractivity contribution is 7.89. The molecular weight excluding hydrogens is 288 g/mol. The first-order valence-electron chi connectivity index (χ1n) is 5.30. The molecule has 19 heavy (non-hydrogen) atoms. The van der Waals surface area contributed by atoms with Crippen LogP contribution in [0.1, 0.15) is 6.92 Å². The van der Waals surface area contributed by atoms with E-state index < -0.39 is 20.0 Å². The van der Waals surface area contributed by atoms with Crippen LogP contribution in [0, 0.1) is 12.3 Å². The second-order valence-electron chi connectivity index (χ2n) is 3.65. The Morgan fingerprint density at radius 1 is 1.16 bits per heavy atom. The van der Waals surface area contributed by atoms with Gasteiger partial charge in [0, 0.05) is 6.54 Å². The number of nitrogens with zero attached hydrogens (tertiary/aromatic N) is 1. The SMILES string of the molecule is C#CCN(CC)S(=O)(=O)c1ccc(S(N)(=O)=O)cc1. The summed E-state index contributed by atoms with van der Waals surface area (Å²) in [7, 11) is -7.56. The second-order valence-corrected chi connectivity index (χ2v) is 7.15. The Labute approximate surface area is 113 Å². The molecule has 0 fully saturated rings. The van der Waals surface area contributed by atoms with E-state index >= 15 is 0 Å². The Morgan fingerprint density at radius 3 is 2.00 bits per heavy atom. The van der Waals surface area contributed by atoms with Crippen molar-refractivity contribution >= 4 is 20.0 Å². The minimum atomic E-state index is -3.84. The number of benzene rings is 1. The molecule has 0 atom stereocenters. The van der Waals surface area contributed by atoms with Gasteiger partial charge in [0.2, 0.25) is 20.0 Å². The standard InChI is InChI=1S/C11H14N2O4S2/c1-3-9-13(4-2)19(16,17)11-7-5-10(6-8-11)18(12,14)15/h1,5-8H,4,9H2,2H3,(H2,12,14,15). The Hall–Kier alpha value is -1.40. The van der Waals surface area contributed by atoms with Crippen molar-refractivity contribution in [1.29, 1.82) is 0 Å². The van der Waals surface area contributed by atoms with Crippen LogP contribution >= 0.6 is 0 Å². The molecule has 0 aliphatic carbocycles. The predicted octanol–water partition coefficient (Wildman–Crippen LogP) is -0.0222. The zero-order chi connectivity index (χ0) is 14.7. The maximum absolute atomic E-state index is 12.2. The zero-order valence-electron chi connectivity index (χ0n) is 10.3. The summed E-state index contributed by atoms with van der Waals surface area (Å²) < 4.78 is 47.6. The number of hydrogen-bond acceptors (Lipinski definition) is 4. The monoisotopic (exact) mass is 302 g/mol. The van der Waals surface area contributed by atoms with Crippen LogP contribution in [-0.2, 0) is 20.0 Å². The number of terminal acetylenes is 1. The van der Waals surface area contributed by atoms with Gasteiger partial charge in [-0.15, -0.1) is 6.42 Å². The van der Waals surface area contributed by atoms with E-state index in [1.165, 1.54) is 12.1 Å². The molecule has 8 heteroatoms. The second kappa shape index (κ2) is 5.71. The molecule has 0 amide bonds. The highest BCUT2D eigenvalue weighted by Gasteiger charge is 2.22. The number of sulfonamides is 2. The van der Waals surface area contributed by atoms with Gasteiger partial charge in [0.25, 0.3) is 0 Å². The first-order chi connectivity index (χ1) is 8.73. The summed E-state index contributed by atoms with van der Waals surface area (Å²) in [5, 5.41) is 4.94. The van der Waals surface area contributed by atoms with Crippen LogP contribution in [0.15, 0.2) is 34.1 Å². The van der Waals surface area contributed by atoms with E-state index in [9.17, 15) is 16.8 Å². The first kappa shape index (κ1) is 15.7. The fourth-order valence-electron chi connectivity index (χ4n) is 1.42. The molecule has 0 aromatic heterocycles. The van der Waals surface area contributed by atoms with Gasteiger partial charge in [0.1, 0.15) is 0 Å². The number of primary sulfonamides is 1. The van der Waals surface area contributed by atoms with Crippen molar-refractivity contribution in [2.24, 2.45) is 5.14 Å². The van der Waals surface area contributed by atoms with Crippen LogP contribution in [0.25, 0.3) is 0 Å². The largest absolute Gasteiger partial charge is 0.243 e. The molecule has 0 aliphatic rings. The number of rotatable bonds is 5. The molecule has 0 unspecified atom stereocenters. The van der Waals surface area contributed by atoms with Crippen molar-refractivity contribution in [3.63, 3.8) is 0 Å². The maximum atomic E-state index is 12.2. The number of nitrogens with two attached hydrogens (primary N) is 1. The van der Waals surface area contributed by atoms with Crippen molar-refractivity contribution in [3.05, 3.63) is 24.3 Å². The molecule has 0 bridgehead atoms. The van der Waals surface area contributed by atoms with E-state index in [2.05, 4.69) is 5.92 Å². The quantitative estimate of drug-likeness (QED) is 0.773. The summed E-state index contributed by atoms with van der Waals surface area (Å²) in [6, 6.07) is 4.67. The molecule has 0 saturated heterocycles. The van der Waals surface area contributed by atoms with Crippen LogP contribution in [0.5, 0.6) is 0 Å². The van der Waals surface area contributed by atoms with Gasteiger partial charge in [-0.25, -0.2) is 22.0 Å². The molecule has 0 heterocycles. The lowest BCUT2D eigenvalue weighted by Crippen LogP contribution is -2.31. The molecular formula is C11H14N2O4S2. The summed E-state index contributed by atoms with van der Waals surface area (Å²) in [6.07, 6.45) is 5.11. The third-order valence-corrected chi connectivity index (χ3v) is 5.27. The van der Waals surface area contributed by atoms with Gasteiger partial charge in [-0.2, -0.15) is 4.31 Å². The van der Waals surface area contributed by atoms with Crippen molar-refractivity contribution in [2.45, 2.75) is 16.7 Å². The van der Waals surface area contributed by atoms with Crippen molar-refractivity contribution < 1.29 is 16.8 Å². The van der Waals surface area contributed by atoms with Crippen molar-refractivity contribution in [1.82, 2.24) is 4.31 Å². The van der Waals surface area contributed by atoms with E-state index in [0.29, 0.717) is 0 Å². The summed E-state index contributed by atoms with van der Waals surface area (Å²) in [5.41, 5.74) is 0. The van der Waals surface area contributed by atoms with Gasteiger partial charge in [0.15, 0.2) is 0 Å². The third-order valence-electron chi connectivity index (χ3n) is 2.41. The molecule has 2 N–H and O–H groups in total. The molecule has 1 aromatic carbocycles. The summed E-state index contributed by atoms with van der Waals surface area (Å²) in [5.74, 6) is 2.26. The van der Waals surface area contributed by atoms with Crippen LogP contribution in [0.4, 0.5) is 0 Å². The Morgan fingerprint density at radius 2 is 1.63 bits per heavy atom. The molecule has 1 aromatic rings. The minimum absolute atomic E-state index is 0.0306. The van der Waals surface area contributed by atoms with Gasteiger partial charge in [-0.05, 0) is 24.3 Å². The maximum Gasteiger partial charge on any atom is 0.243 e. The van der Waals surface area contributed by atoms with E-state index in [0.717, 1.165) is 16.4 Å². The fraction of sp³-hybridized carbons (Fsp3) is 0.273. The highest BCUT2D eigenvalue weighted by atomic mass is 32.2. The summed E-state index contributed by atoms with van der Waals surface area (Å²) in [4.78, 5) is -0.177. The molecule has 104 valence electrons. The normalized spacial score (nSPS) is 12.3. The van der Waals surface area contributed by atoms with Crippen LogP contribution in [0.3, 0.4) is 0 Å². The van der Waals surface area contributed by atoms with E-state index in [1.54, 1.807) is 6.92 Å². The van der Waals surface area contributed by atoms with Gasteiger partial charge in [-0.3, -0.25) is 0 Å². The lowest BCUT2D eigenvalue weighted by molar-refractivity contribution is 0.464. The highest BCUT2D eigenvalue weighted by Crippen LogP contribution is 2.17. The van der Waals surface area contributed by atoms with E-state index in [4.69, 9.17) is 11.6 Å². The lowest BCUT2D eigenvalue weighted by atomic mass is 10.4. The smallest absolute Gasteiger partial charge is 0.225 e. The van der Waals surface area contributed by atoms with Gasteiger partial charge < -0.3 is 0 Å². The first-order valence-corrected chi connectivity index (χ1v) is 8.28. The molecule has 6 nitrogen and oxygen atoms in total. The number of hydrogen-bond donors (Lipinski definition) is 1. The Balaban J connectivity index is 3.21. The van der Waals surface area contributed by atoms with Crippen molar-refractivity contribution in [3.8, 4) is 12.3 Å². The summed E-state index contributed by atoms with van der Waals surface area (Å²) >= 11 is 0. The van der Waals surface area contributed by atoms with E-state index in [1.807, 2.05) is 0 Å². The average Bonchev–Trinajstić information content (AvgIpc) is 2.34. The van der Waals surface area contributed by atoms with Gasteiger partial charge >= 0.3 is 0 Å². The Bertz CT molecular complexity index is 685. The molecule has 0 radical (unpaired) electrons. The average molecular weight is 302 g/mol. The van der Waals surface area contributed by atoms with Crippen molar-refractivity contribution in [2.75, 3.05) is 13.1 Å². The van der Waals surface area contributed by atoms with Crippen LogP contribution < -0.4 is 5.14 Å². The third kappa shape index (κ3) is 3.54. The minimum Gasteiger partial charge on any atom is -0.225 e. The Kier molecular flexibility index (Phi) is 4.70. The lowest BCUT2D eigenvalue weighted by Gasteiger charge is -2.17. The predicted molar refractivity (Wildman–Crippen MR) is 71.1 cm³/mol. The zero-order valence-corrected chi connectivity index (χ0v) is 11.9. The van der Waals surface area contributed by atoms with E-state index in [-0.39, 0.29) is 22.9 Å². The summed E-state index contributed by atoms with van der Waals surface area (Å²) in [6.45, 7) is 1.84. The molecule has 0 aliphatic heterocycles. The van der Waals surface area contributed by atoms with Crippen LogP contribution in [0.2, 0.25) is 0 Å².